The minimum atomic E-state index is -0.443. The van der Waals surface area contributed by atoms with Gasteiger partial charge in [-0.05, 0) is 43.5 Å². The predicted molar refractivity (Wildman–Crippen MR) is 71.5 cm³/mol. The first kappa shape index (κ1) is 12.8. The molecule has 98 valence electrons. The van der Waals surface area contributed by atoms with Crippen molar-refractivity contribution in [3.63, 3.8) is 0 Å². The fourth-order valence-electron chi connectivity index (χ4n) is 2.25. The molecule has 0 aromatic carbocycles. The third-order valence-electron chi connectivity index (χ3n) is 3.57. The molecule has 0 radical (unpaired) electrons. The van der Waals surface area contributed by atoms with Crippen molar-refractivity contribution < 1.29 is 4.79 Å². The standard InChI is InChI=1S/C13H20N4O/c1-13(4-7-15-8-5-13)9-17-12-10(11(14)18)3-2-6-16-12/h2-3,6,15H,4-5,7-9H2,1H3,(H2,14,18)(H,16,17). The van der Waals surface area contributed by atoms with Gasteiger partial charge in [0.05, 0.1) is 5.56 Å². The number of primary amides is 1. The van der Waals surface area contributed by atoms with Gasteiger partial charge in [0.1, 0.15) is 5.82 Å². The summed E-state index contributed by atoms with van der Waals surface area (Å²) < 4.78 is 0. The van der Waals surface area contributed by atoms with Crippen molar-refractivity contribution in [1.29, 1.82) is 0 Å². The minimum absolute atomic E-state index is 0.248. The van der Waals surface area contributed by atoms with Crippen LogP contribution in [0.15, 0.2) is 18.3 Å². The van der Waals surface area contributed by atoms with Gasteiger partial charge in [0.2, 0.25) is 0 Å². The molecule has 1 aromatic rings. The summed E-state index contributed by atoms with van der Waals surface area (Å²) in [4.78, 5) is 15.5. The molecule has 1 aromatic heterocycles. The van der Waals surface area contributed by atoms with Crippen LogP contribution in [0, 0.1) is 5.41 Å². The van der Waals surface area contributed by atoms with Gasteiger partial charge in [-0.25, -0.2) is 4.98 Å². The quantitative estimate of drug-likeness (QED) is 0.742. The molecule has 18 heavy (non-hydrogen) atoms. The second-order valence-corrected chi connectivity index (χ2v) is 5.18. The lowest BCUT2D eigenvalue weighted by molar-refractivity contribution is 0.100. The van der Waals surface area contributed by atoms with Crippen molar-refractivity contribution in [1.82, 2.24) is 10.3 Å². The Balaban J connectivity index is 2.03. The zero-order valence-corrected chi connectivity index (χ0v) is 10.7. The molecular weight excluding hydrogens is 228 g/mol. The van der Waals surface area contributed by atoms with Crippen LogP contribution in [0.3, 0.4) is 0 Å². The molecular formula is C13H20N4O. The van der Waals surface area contributed by atoms with E-state index in [1.54, 1.807) is 18.3 Å². The number of nitrogens with zero attached hydrogens (tertiary/aromatic N) is 1. The molecule has 0 aliphatic carbocycles. The Hall–Kier alpha value is -1.62. The topological polar surface area (TPSA) is 80.0 Å². The predicted octanol–water partition coefficient (Wildman–Crippen LogP) is 0.982. The van der Waals surface area contributed by atoms with Crippen molar-refractivity contribution in [3.05, 3.63) is 23.9 Å². The van der Waals surface area contributed by atoms with Gasteiger partial charge >= 0.3 is 0 Å². The summed E-state index contributed by atoms with van der Waals surface area (Å²) in [5.74, 6) is 0.144. The van der Waals surface area contributed by atoms with Crippen molar-refractivity contribution in [2.45, 2.75) is 19.8 Å². The average Bonchev–Trinajstić information content (AvgIpc) is 2.38. The number of anilines is 1. The van der Waals surface area contributed by atoms with Gasteiger partial charge in [0.25, 0.3) is 5.91 Å². The van der Waals surface area contributed by atoms with E-state index in [9.17, 15) is 4.79 Å². The monoisotopic (exact) mass is 248 g/mol. The van der Waals surface area contributed by atoms with E-state index in [1.165, 1.54) is 0 Å². The van der Waals surface area contributed by atoms with Crippen LogP contribution in [-0.2, 0) is 0 Å². The van der Waals surface area contributed by atoms with Crippen LogP contribution < -0.4 is 16.4 Å². The lowest BCUT2D eigenvalue weighted by atomic mass is 9.81. The second kappa shape index (κ2) is 5.35. The fraction of sp³-hybridized carbons (Fsp3) is 0.538. The van der Waals surface area contributed by atoms with Crippen LogP contribution in [0.2, 0.25) is 0 Å². The lowest BCUT2D eigenvalue weighted by Gasteiger charge is -2.34. The van der Waals surface area contributed by atoms with Gasteiger partial charge in [-0.3, -0.25) is 4.79 Å². The number of pyridine rings is 1. The maximum atomic E-state index is 11.3. The van der Waals surface area contributed by atoms with E-state index in [2.05, 4.69) is 22.5 Å². The Bertz CT molecular complexity index is 427. The second-order valence-electron chi connectivity index (χ2n) is 5.18. The highest BCUT2D eigenvalue weighted by Crippen LogP contribution is 2.28. The summed E-state index contributed by atoms with van der Waals surface area (Å²) in [6.45, 7) is 5.16. The van der Waals surface area contributed by atoms with E-state index >= 15 is 0 Å². The molecule has 1 aliphatic rings. The number of aromatic nitrogens is 1. The minimum Gasteiger partial charge on any atom is -0.369 e. The molecule has 0 spiro atoms. The van der Waals surface area contributed by atoms with Crippen LogP contribution >= 0.6 is 0 Å². The van der Waals surface area contributed by atoms with Crippen LogP contribution in [0.4, 0.5) is 5.82 Å². The molecule has 4 N–H and O–H groups in total. The number of piperidine rings is 1. The number of hydrogen-bond acceptors (Lipinski definition) is 4. The molecule has 1 aliphatic heterocycles. The zero-order valence-electron chi connectivity index (χ0n) is 10.7. The third-order valence-corrected chi connectivity index (χ3v) is 3.57. The Kier molecular flexibility index (Phi) is 3.81. The van der Waals surface area contributed by atoms with E-state index in [1.807, 2.05) is 0 Å². The summed E-state index contributed by atoms with van der Waals surface area (Å²) in [5, 5.41) is 6.62. The number of nitrogens with one attached hydrogen (secondary N) is 2. The van der Waals surface area contributed by atoms with Gasteiger partial charge in [-0.15, -0.1) is 0 Å². The molecule has 0 atom stereocenters. The number of amides is 1. The van der Waals surface area contributed by atoms with E-state index in [0.717, 1.165) is 32.5 Å². The Labute approximate surface area is 107 Å². The summed E-state index contributed by atoms with van der Waals surface area (Å²) in [6, 6.07) is 3.42. The molecule has 1 saturated heterocycles. The van der Waals surface area contributed by atoms with Crippen LogP contribution in [-0.4, -0.2) is 30.5 Å². The number of rotatable bonds is 4. The summed E-state index contributed by atoms with van der Waals surface area (Å²) in [6.07, 6.45) is 3.91. The van der Waals surface area contributed by atoms with Gasteiger partial charge in [-0.2, -0.15) is 0 Å². The molecule has 5 nitrogen and oxygen atoms in total. The first-order valence-corrected chi connectivity index (χ1v) is 6.30. The first-order chi connectivity index (χ1) is 8.61. The molecule has 0 saturated carbocycles. The Morgan fingerprint density at radius 3 is 2.94 bits per heavy atom. The van der Waals surface area contributed by atoms with Gasteiger partial charge in [0, 0.05) is 12.7 Å². The van der Waals surface area contributed by atoms with E-state index in [4.69, 9.17) is 5.73 Å². The van der Waals surface area contributed by atoms with Gasteiger partial charge in [0.15, 0.2) is 0 Å². The Morgan fingerprint density at radius 2 is 2.28 bits per heavy atom. The number of carbonyl (C=O) groups excluding carboxylic acids is 1. The fourth-order valence-corrected chi connectivity index (χ4v) is 2.25. The molecule has 2 rings (SSSR count). The third kappa shape index (κ3) is 2.98. The van der Waals surface area contributed by atoms with Crippen molar-refractivity contribution in [3.8, 4) is 0 Å². The highest BCUT2D eigenvalue weighted by atomic mass is 16.1. The largest absolute Gasteiger partial charge is 0.369 e. The smallest absolute Gasteiger partial charge is 0.252 e. The highest BCUT2D eigenvalue weighted by Gasteiger charge is 2.26. The Morgan fingerprint density at radius 1 is 1.56 bits per heavy atom. The molecule has 0 unspecified atom stereocenters. The molecule has 5 heteroatoms. The maximum Gasteiger partial charge on any atom is 0.252 e. The first-order valence-electron chi connectivity index (χ1n) is 6.30. The average molecular weight is 248 g/mol. The molecule has 1 fully saturated rings. The van der Waals surface area contributed by atoms with Crippen LogP contribution in [0.25, 0.3) is 0 Å². The highest BCUT2D eigenvalue weighted by molar-refractivity contribution is 5.97. The van der Waals surface area contributed by atoms with Crippen LogP contribution in [0.5, 0.6) is 0 Å². The van der Waals surface area contributed by atoms with Crippen molar-refractivity contribution >= 4 is 11.7 Å². The lowest BCUT2D eigenvalue weighted by Crippen LogP contribution is -2.39. The van der Waals surface area contributed by atoms with Gasteiger partial charge in [-0.1, -0.05) is 6.92 Å². The van der Waals surface area contributed by atoms with Crippen LogP contribution in [0.1, 0.15) is 30.1 Å². The number of nitrogens with two attached hydrogens (primary N) is 1. The zero-order chi connectivity index (χ0) is 13.0. The SMILES string of the molecule is CC1(CNc2ncccc2C(N)=O)CCNCC1. The molecule has 1 amide bonds. The summed E-state index contributed by atoms with van der Waals surface area (Å²) in [5.41, 5.74) is 6.03. The molecule has 2 heterocycles. The molecule has 0 bridgehead atoms. The van der Waals surface area contributed by atoms with E-state index in [-0.39, 0.29) is 5.41 Å². The van der Waals surface area contributed by atoms with E-state index < -0.39 is 5.91 Å². The summed E-state index contributed by atoms with van der Waals surface area (Å²) >= 11 is 0. The maximum absolute atomic E-state index is 11.3. The number of hydrogen-bond donors (Lipinski definition) is 3. The normalized spacial score (nSPS) is 18.3. The van der Waals surface area contributed by atoms with Crippen molar-refractivity contribution in [2.24, 2.45) is 11.1 Å². The summed E-state index contributed by atoms with van der Waals surface area (Å²) in [7, 11) is 0. The van der Waals surface area contributed by atoms with E-state index in [0.29, 0.717) is 11.4 Å². The van der Waals surface area contributed by atoms with Crippen molar-refractivity contribution in [2.75, 3.05) is 25.0 Å². The number of carbonyl (C=O) groups is 1. The van der Waals surface area contributed by atoms with Gasteiger partial charge < -0.3 is 16.4 Å².